The molecule has 1 aliphatic rings. The minimum absolute atomic E-state index is 0.148. The van der Waals surface area contributed by atoms with E-state index < -0.39 is 0 Å². The number of amides is 2. The molecule has 1 atom stereocenters. The molecule has 2 N–H and O–H groups in total. The second-order valence-corrected chi connectivity index (χ2v) is 5.06. The Morgan fingerprint density at radius 2 is 2.36 bits per heavy atom. The number of aromatic nitrogens is 4. The van der Waals surface area contributed by atoms with E-state index in [4.69, 9.17) is 4.74 Å². The van der Waals surface area contributed by atoms with Crippen molar-refractivity contribution in [2.24, 2.45) is 0 Å². The van der Waals surface area contributed by atoms with Gasteiger partial charge in [0.1, 0.15) is 12.7 Å². The van der Waals surface area contributed by atoms with Crippen LogP contribution in [0.15, 0.2) is 31.0 Å². The predicted molar refractivity (Wildman–Crippen MR) is 78.4 cm³/mol. The summed E-state index contributed by atoms with van der Waals surface area (Å²) >= 11 is 0. The van der Waals surface area contributed by atoms with E-state index in [1.165, 1.54) is 6.33 Å². The molecule has 0 aromatic carbocycles. The average Bonchev–Trinajstić information content (AvgIpc) is 3.24. The van der Waals surface area contributed by atoms with Crippen LogP contribution in [0.25, 0.3) is 5.82 Å². The van der Waals surface area contributed by atoms with Crippen molar-refractivity contribution in [3.05, 3.63) is 36.5 Å². The van der Waals surface area contributed by atoms with Crippen LogP contribution in [-0.2, 0) is 11.3 Å². The number of rotatable bonds is 5. The second kappa shape index (κ2) is 6.99. The molecule has 0 spiro atoms. The Balaban J connectivity index is 1.43. The lowest BCUT2D eigenvalue weighted by Crippen LogP contribution is -2.39. The summed E-state index contributed by atoms with van der Waals surface area (Å²) in [5.74, 6) is 0.684. The number of urea groups is 1. The van der Waals surface area contributed by atoms with Crippen molar-refractivity contribution in [1.82, 2.24) is 30.4 Å². The summed E-state index contributed by atoms with van der Waals surface area (Å²) in [6, 6.07) is 3.52. The van der Waals surface area contributed by atoms with Gasteiger partial charge in [0.2, 0.25) is 0 Å². The van der Waals surface area contributed by atoms with Gasteiger partial charge >= 0.3 is 6.03 Å². The van der Waals surface area contributed by atoms with Crippen molar-refractivity contribution in [2.45, 2.75) is 25.5 Å². The molecule has 0 unspecified atom stereocenters. The molecule has 22 heavy (non-hydrogen) atoms. The maximum Gasteiger partial charge on any atom is 0.315 e. The monoisotopic (exact) mass is 302 g/mol. The van der Waals surface area contributed by atoms with Crippen LogP contribution in [-0.4, -0.2) is 45.0 Å². The van der Waals surface area contributed by atoms with Gasteiger partial charge in [-0.15, -0.1) is 0 Å². The van der Waals surface area contributed by atoms with Crippen LogP contribution >= 0.6 is 0 Å². The van der Waals surface area contributed by atoms with Crippen molar-refractivity contribution in [3.63, 3.8) is 0 Å². The first kappa shape index (κ1) is 14.5. The summed E-state index contributed by atoms with van der Waals surface area (Å²) in [5, 5.41) is 9.61. The Bertz CT molecular complexity index is 592. The summed E-state index contributed by atoms with van der Waals surface area (Å²) in [4.78, 5) is 19.9. The van der Waals surface area contributed by atoms with E-state index in [0.29, 0.717) is 18.9 Å². The number of nitrogens with zero attached hydrogens (tertiary/aromatic N) is 4. The standard InChI is InChI=1S/C14H18N6O2/c21-14(18-8-12-2-1-5-22-12)17-7-11-3-4-13(16-6-11)20-10-15-9-19-20/h3-4,6,9-10,12H,1-2,5,7-8H2,(H2,17,18,21)/t12-/m0/s1. The SMILES string of the molecule is O=C(NCc1ccc(-n2cncn2)nc1)NC[C@@H]1CCCO1. The topological polar surface area (TPSA) is 94.0 Å². The van der Waals surface area contributed by atoms with Crippen molar-refractivity contribution in [3.8, 4) is 5.82 Å². The smallest absolute Gasteiger partial charge is 0.315 e. The van der Waals surface area contributed by atoms with Crippen LogP contribution in [0, 0.1) is 0 Å². The number of carbonyl (C=O) groups excluding carboxylic acids is 1. The second-order valence-electron chi connectivity index (χ2n) is 5.06. The van der Waals surface area contributed by atoms with Crippen molar-refractivity contribution >= 4 is 6.03 Å². The Kier molecular flexibility index (Phi) is 4.59. The predicted octanol–water partition coefficient (Wildman–Crippen LogP) is 0.640. The molecule has 2 aromatic rings. The van der Waals surface area contributed by atoms with Gasteiger partial charge in [0, 0.05) is 25.9 Å². The molecule has 3 heterocycles. The van der Waals surface area contributed by atoms with Crippen molar-refractivity contribution in [1.29, 1.82) is 0 Å². The lowest BCUT2D eigenvalue weighted by Gasteiger charge is -2.11. The van der Waals surface area contributed by atoms with E-state index >= 15 is 0 Å². The number of nitrogens with one attached hydrogen (secondary N) is 2. The van der Waals surface area contributed by atoms with Crippen LogP contribution in [0.4, 0.5) is 4.79 Å². The number of carbonyl (C=O) groups is 1. The largest absolute Gasteiger partial charge is 0.376 e. The van der Waals surface area contributed by atoms with Crippen LogP contribution in [0.2, 0.25) is 0 Å². The lowest BCUT2D eigenvalue weighted by molar-refractivity contribution is 0.111. The first-order valence-corrected chi connectivity index (χ1v) is 7.24. The zero-order valence-corrected chi connectivity index (χ0v) is 12.1. The van der Waals surface area contributed by atoms with Crippen LogP contribution in [0.5, 0.6) is 0 Å². The van der Waals surface area contributed by atoms with E-state index in [1.54, 1.807) is 17.2 Å². The third kappa shape index (κ3) is 3.79. The van der Waals surface area contributed by atoms with E-state index in [1.807, 2.05) is 12.1 Å². The molecule has 0 saturated carbocycles. The number of hydrogen-bond donors (Lipinski definition) is 2. The molecule has 1 aliphatic heterocycles. The van der Waals surface area contributed by atoms with Crippen LogP contribution < -0.4 is 10.6 Å². The fraction of sp³-hybridized carbons (Fsp3) is 0.429. The summed E-state index contributed by atoms with van der Waals surface area (Å²) in [6.07, 6.45) is 6.96. The lowest BCUT2D eigenvalue weighted by atomic mass is 10.2. The molecular weight excluding hydrogens is 284 g/mol. The van der Waals surface area contributed by atoms with E-state index in [2.05, 4.69) is 25.7 Å². The molecule has 2 aromatic heterocycles. The number of hydrogen-bond acceptors (Lipinski definition) is 5. The van der Waals surface area contributed by atoms with Gasteiger partial charge in [0.25, 0.3) is 0 Å². The maximum absolute atomic E-state index is 11.7. The van der Waals surface area contributed by atoms with E-state index in [9.17, 15) is 4.79 Å². The zero-order chi connectivity index (χ0) is 15.2. The first-order valence-electron chi connectivity index (χ1n) is 7.24. The fourth-order valence-corrected chi connectivity index (χ4v) is 2.24. The Morgan fingerprint density at radius 3 is 3.05 bits per heavy atom. The normalized spacial score (nSPS) is 17.4. The summed E-state index contributed by atoms with van der Waals surface area (Å²) < 4.78 is 7.02. The highest BCUT2D eigenvalue weighted by atomic mass is 16.5. The van der Waals surface area contributed by atoms with Crippen molar-refractivity contribution < 1.29 is 9.53 Å². The van der Waals surface area contributed by atoms with Crippen LogP contribution in [0.3, 0.4) is 0 Å². The van der Waals surface area contributed by atoms with E-state index in [-0.39, 0.29) is 12.1 Å². The van der Waals surface area contributed by atoms with Gasteiger partial charge < -0.3 is 15.4 Å². The minimum Gasteiger partial charge on any atom is -0.376 e. The van der Waals surface area contributed by atoms with Gasteiger partial charge in [-0.25, -0.2) is 19.4 Å². The molecule has 0 bridgehead atoms. The maximum atomic E-state index is 11.7. The highest BCUT2D eigenvalue weighted by Gasteiger charge is 2.15. The molecule has 8 heteroatoms. The highest BCUT2D eigenvalue weighted by Crippen LogP contribution is 2.10. The molecule has 0 aliphatic carbocycles. The molecule has 8 nitrogen and oxygen atoms in total. The van der Waals surface area contributed by atoms with Gasteiger partial charge in [-0.05, 0) is 24.5 Å². The third-order valence-corrected chi connectivity index (χ3v) is 3.43. The molecule has 1 saturated heterocycles. The summed E-state index contributed by atoms with van der Waals surface area (Å²) in [7, 11) is 0. The fourth-order valence-electron chi connectivity index (χ4n) is 2.24. The highest BCUT2D eigenvalue weighted by molar-refractivity contribution is 5.73. The quantitative estimate of drug-likeness (QED) is 0.845. The molecule has 116 valence electrons. The molecule has 1 fully saturated rings. The average molecular weight is 302 g/mol. The van der Waals surface area contributed by atoms with Gasteiger partial charge in [-0.2, -0.15) is 5.10 Å². The van der Waals surface area contributed by atoms with E-state index in [0.717, 1.165) is 25.0 Å². The molecule has 2 amide bonds. The zero-order valence-electron chi connectivity index (χ0n) is 12.1. The minimum atomic E-state index is -0.198. The van der Waals surface area contributed by atoms with Crippen LogP contribution in [0.1, 0.15) is 18.4 Å². The van der Waals surface area contributed by atoms with Gasteiger partial charge in [0.15, 0.2) is 5.82 Å². The Hall–Kier alpha value is -2.48. The first-order chi connectivity index (χ1) is 10.8. The summed E-state index contributed by atoms with van der Waals surface area (Å²) in [5.41, 5.74) is 0.913. The summed E-state index contributed by atoms with van der Waals surface area (Å²) in [6.45, 7) is 1.76. The Labute approximate surface area is 127 Å². The van der Waals surface area contributed by atoms with Gasteiger partial charge in [-0.3, -0.25) is 0 Å². The van der Waals surface area contributed by atoms with Gasteiger partial charge in [0.05, 0.1) is 6.10 Å². The van der Waals surface area contributed by atoms with Crippen molar-refractivity contribution in [2.75, 3.05) is 13.2 Å². The third-order valence-electron chi connectivity index (χ3n) is 3.43. The molecule has 3 rings (SSSR count). The Morgan fingerprint density at radius 1 is 1.41 bits per heavy atom. The molecular formula is C14H18N6O2. The number of pyridine rings is 1. The number of ether oxygens (including phenoxy) is 1. The van der Waals surface area contributed by atoms with Gasteiger partial charge in [-0.1, -0.05) is 6.07 Å². The molecule has 0 radical (unpaired) electrons.